The zero-order chi connectivity index (χ0) is 28.2. The van der Waals surface area contributed by atoms with E-state index < -0.39 is 12.0 Å². The molecule has 40 heavy (non-hydrogen) atoms. The lowest BCUT2D eigenvalue weighted by Gasteiger charge is -2.24. The Kier molecular flexibility index (Phi) is 7.31. The van der Waals surface area contributed by atoms with E-state index in [0.717, 1.165) is 5.56 Å². The van der Waals surface area contributed by atoms with Gasteiger partial charge < -0.3 is 15.3 Å². The van der Waals surface area contributed by atoms with Crippen LogP contribution in [0, 0.1) is 0 Å². The first-order valence-electron chi connectivity index (χ1n) is 12.5. The number of benzene rings is 1. The topological polar surface area (TPSA) is 148 Å². The first-order chi connectivity index (χ1) is 19.4. The van der Waals surface area contributed by atoms with Gasteiger partial charge in [0.2, 0.25) is 0 Å². The van der Waals surface area contributed by atoms with Gasteiger partial charge in [0.05, 0.1) is 17.4 Å². The molecule has 1 amide bonds. The number of aryl methyl sites for hydroxylation is 1. The molecule has 0 saturated heterocycles. The van der Waals surface area contributed by atoms with Crippen molar-refractivity contribution in [1.82, 2.24) is 29.1 Å². The zero-order valence-electron chi connectivity index (χ0n) is 21.8. The molecule has 12 nitrogen and oxygen atoms in total. The maximum absolute atomic E-state index is 13.2. The number of aromatic nitrogens is 6. The second kappa shape index (κ2) is 11.2. The van der Waals surface area contributed by atoms with Crippen LogP contribution in [0.4, 0.5) is 11.5 Å². The van der Waals surface area contributed by atoms with E-state index in [-0.39, 0.29) is 23.8 Å². The number of fused-ring (bicyclic) bond motifs is 1. The number of nitrogens with zero attached hydrogens (tertiary/aromatic N) is 7. The van der Waals surface area contributed by atoms with Crippen LogP contribution in [0.25, 0.3) is 16.9 Å². The first-order valence-corrected chi connectivity index (χ1v) is 12.5. The molecule has 2 N–H and O–H groups in total. The summed E-state index contributed by atoms with van der Waals surface area (Å²) in [4.78, 5) is 56.3. The van der Waals surface area contributed by atoms with Gasteiger partial charge in [0.1, 0.15) is 18.1 Å². The van der Waals surface area contributed by atoms with Gasteiger partial charge in [-0.1, -0.05) is 12.1 Å². The van der Waals surface area contributed by atoms with Crippen molar-refractivity contribution in [1.29, 1.82) is 0 Å². The Balaban J connectivity index is 1.39. The quantitative estimate of drug-likeness (QED) is 0.289. The molecular weight excluding hydrogens is 512 g/mol. The van der Waals surface area contributed by atoms with Gasteiger partial charge in [0, 0.05) is 44.2 Å². The van der Waals surface area contributed by atoms with Gasteiger partial charge in [0.25, 0.3) is 5.91 Å². The third-order valence-corrected chi connectivity index (χ3v) is 6.53. The summed E-state index contributed by atoms with van der Waals surface area (Å²) in [5, 5.41) is 13.0. The molecule has 0 aliphatic rings. The van der Waals surface area contributed by atoms with E-state index in [1.54, 1.807) is 55.7 Å². The summed E-state index contributed by atoms with van der Waals surface area (Å²) in [5.74, 6) is -1.16. The molecule has 0 aliphatic heterocycles. The van der Waals surface area contributed by atoms with Crippen molar-refractivity contribution in [2.24, 2.45) is 7.05 Å². The molecule has 0 fully saturated rings. The average Bonchev–Trinajstić information content (AvgIpc) is 3.24. The minimum Gasteiger partial charge on any atom is -0.480 e. The van der Waals surface area contributed by atoms with Crippen molar-refractivity contribution in [3.63, 3.8) is 0 Å². The summed E-state index contributed by atoms with van der Waals surface area (Å²) in [6.45, 7) is 2.12. The predicted molar refractivity (Wildman–Crippen MR) is 149 cm³/mol. The number of amides is 1. The highest BCUT2D eigenvalue weighted by Gasteiger charge is 2.24. The number of aliphatic carboxylic acids is 1. The van der Waals surface area contributed by atoms with Crippen LogP contribution in [0.5, 0.6) is 0 Å². The monoisotopic (exact) mass is 538 g/mol. The molecule has 1 aromatic carbocycles. The van der Waals surface area contributed by atoms with Crippen molar-refractivity contribution < 1.29 is 14.7 Å². The first kappa shape index (κ1) is 26.2. The molecule has 4 heterocycles. The van der Waals surface area contributed by atoms with Crippen molar-refractivity contribution in [2.45, 2.75) is 19.4 Å². The molecule has 0 saturated carbocycles. The lowest BCUT2D eigenvalue weighted by molar-refractivity contribution is -0.137. The van der Waals surface area contributed by atoms with Crippen LogP contribution in [0.15, 0.2) is 84.4 Å². The van der Waals surface area contributed by atoms with Gasteiger partial charge in [-0.2, -0.15) is 0 Å². The molecule has 0 bridgehead atoms. The van der Waals surface area contributed by atoms with Crippen molar-refractivity contribution in [2.75, 3.05) is 16.8 Å². The normalized spacial score (nSPS) is 11.8. The molecule has 12 heteroatoms. The van der Waals surface area contributed by atoms with E-state index in [2.05, 4.69) is 25.3 Å². The lowest BCUT2D eigenvalue weighted by Crippen LogP contribution is -2.35. The Bertz CT molecular complexity index is 1730. The Hall–Kier alpha value is -5.39. The SMILES string of the molecule is CCN(C(=O)c1ccncc1)c1cncnc1N[C@@H](Cc1ccc(-n2c(=O)n(C)c3cccnc32)cc1)C(=O)O. The number of carbonyl (C=O) groups excluding carboxylic acids is 1. The van der Waals surface area contributed by atoms with Gasteiger partial charge >= 0.3 is 11.7 Å². The predicted octanol–water partition coefficient (Wildman–Crippen LogP) is 2.68. The van der Waals surface area contributed by atoms with Gasteiger partial charge in [-0.15, -0.1) is 0 Å². The maximum Gasteiger partial charge on any atom is 0.334 e. The number of pyridine rings is 2. The summed E-state index contributed by atoms with van der Waals surface area (Å²) < 4.78 is 3.04. The number of nitrogens with one attached hydrogen (secondary N) is 1. The summed E-state index contributed by atoms with van der Waals surface area (Å²) in [5.41, 5.74) is 3.13. The molecule has 4 aromatic heterocycles. The summed E-state index contributed by atoms with van der Waals surface area (Å²) >= 11 is 0. The number of carboxylic acids is 1. The Labute approximate surface area is 228 Å². The molecule has 5 rings (SSSR count). The number of carbonyl (C=O) groups is 2. The van der Waals surface area contributed by atoms with Gasteiger partial charge in [0.15, 0.2) is 11.5 Å². The van der Waals surface area contributed by atoms with Crippen LogP contribution < -0.4 is 15.9 Å². The minimum atomic E-state index is -1.09. The van der Waals surface area contributed by atoms with E-state index >= 15 is 0 Å². The Morgan fingerprint density at radius 3 is 2.48 bits per heavy atom. The minimum absolute atomic E-state index is 0.117. The highest BCUT2D eigenvalue weighted by Crippen LogP contribution is 2.25. The van der Waals surface area contributed by atoms with Gasteiger partial charge in [-0.3, -0.25) is 14.3 Å². The van der Waals surface area contributed by atoms with Crippen LogP contribution in [-0.2, 0) is 18.3 Å². The second-order valence-corrected chi connectivity index (χ2v) is 8.97. The molecule has 0 radical (unpaired) electrons. The van der Waals surface area contributed by atoms with E-state index in [1.807, 2.05) is 13.0 Å². The fourth-order valence-corrected chi connectivity index (χ4v) is 4.49. The van der Waals surface area contributed by atoms with Crippen molar-refractivity contribution >= 4 is 34.5 Å². The standard InChI is InChI=1S/C28H26N8O4/c1-3-35(26(37)19-10-13-29-14-11-19)23-16-30-17-32-24(23)33-21(27(38)39)15-18-6-8-20(9-7-18)36-25-22(5-4-12-31-25)34(2)28(36)40/h4-14,16-17,21H,3,15H2,1-2H3,(H,38,39)(H,30,32,33)/t21-/m0/s1. The van der Waals surface area contributed by atoms with Gasteiger partial charge in [-0.05, 0) is 48.9 Å². The fourth-order valence-electron chi connectivity index (χ4n) is 4.49. The summed E-state index contributed by atoms with van der Waals surface area (Å²) in [6.07, 6.45) is 7.57. The lowest BCUT2D eigenvalue weighted by atomic mass is 10.1. The molecule has 5 aromatic rings. The largest absolute Gasteiger partial charge is 0.480 e. The van der Waals surface area contributed by atoms with Crippen molar-refractivity contribution in [3.8, 4) is 5.69 Å². The fraction of sp³-hybridized carbons (Fsp3) is 0.179. The highest BCUT2D eigenvalue weighted by molar-refractivity contribution is 6.07. The molecule has 0 spiro atoms. The van der Waals surface area contributed by atoms with Crippen LogP contribution in [0.1, 0.15) is 22.8 Å². The van der Waals surface area contributed by atoms with E-state index in [4.69, 9.17) is 0 Å². The summed E-state index contributed by atoms with van der Waals surface area (Å²) in [7, 11) is 1.69. The molecule has 0 unspecified atom stereocenters. The van der Waals surface area contributed by atoms with E-state index in [0.29, 0.717) is 34.6 Å². The molecular formula is C28H26N8O4. The number of imidazole rings is 1. The second-order valence-electron chi connectivity index (χ2n) is 8.97. The van der Waals surface area contributed by atoms with Gasteiger partial charge in [-0.25, -0.2) is 29.1 Å². The Morgan fingerprint density at radius 1 is 1.02 bits per heavy atom. The highest BCUT2D eigenvalue weighted by atomic mass is 16.4. The number of hydrogen-bond acceptors (Lipinski definition) is 8. The molecule has 0 aliphatic carbocycles. The third-order valence-electron chi connectivity index (χ3n) is 6.53. The van der Waals surface area contributed by atoms with E-state index in [9.17, 15) is 19.5 Å². The third kappa shape index (κ3) is 5.01. The van der Waals surface area contributed by atoms with E-state index in [1.165, 1.54) is 39.0 Å². The maximum atomic E-state index is 13.2. The number of hydrogen-bond donors (Lipinski definition) is 2. The number of carboxylic acid groups (broad SMARTS) is 1. The zero-order valence-corrected chi connectivity index (χ0v) is 21.8. The average molecular weight is 539 g/mol. The van der Waals surface area contributed by atoms with Crippen molar-refractivity contribution in [3.05, 3.63) is 101 Å². The van der Waals surface area contributed by atoms with Crippen LogP contribution in [-0.4, -0.2) is 58.6 Å². The molecule has 1 atom stereocenters. The van der Waals surface area contributed by atoms with Crippen LogP contribution in [0.3, 0.4) is 0 Å². The Morgan fingerprint density at radius 2 is 1.77 bits per heavy atom. The summed E-state index contributed by atoms with van der Waals surface area (Å²) in [6, 6.07) is 12.8. The smallest absolute Gasteiger partial charge is 0.334 e. The molecule has 202 valence electrons. The number of rotatable bonds is 9. The number of anilines is 2. The van der Waals surface area contributed by atoms with Crippen LogP contribution in [0.2, 0.25) is 0 Å². The van der Waals surface area contributed by atoms with Crippen LogP contribution >= 0.6 is 0 Å².